The van der Waals surface area contributed by atoms with E-state index in [0.717, 1.165) is 44.5 Å². The number of hydrogen-bond donors (Lipinski definition) is 1. The maximum atomic E-state index is 13.5. The van der Waals surface area contributed by atoms with Crippen LogP contribution >= 0.6 is 11.6 Å². The third-order valence-electron chi connectivity index (χ3n) is 6.30. The first-order valence-electron chi connectivity index (χ1n) is 11.9. The molecule has 1 fully saturated rings. The predicted octanol–water partition coefficient (Wildman–Crippen LogP) is 5.36. The van der Waals surface area contributed by atoms with Crippen LogP contribution in [0.2, 0.25) is 5.02 Å². The van der Waals surface area contributed by atoms with Crippen molar-refractivity contribution in [3.8, 4) is 11.5 Å². The summed E-state index contributed by atoms with van der Waals surface area (Å²) in [5.74, 6) is 1.35. The van der Waals surface area contributed by atoms with E-state index in [1.54, 1.807) is 13.2 Å². The highest BCUT2D eigenvalue weighted by Gasteiger charge is 2.25. The van der Waals surface area contributed by atoms with E-state index < -0.39 is 5.82 Å². The number of nitrogens with one attached hydrogen (secondary N) is 1. The minimum Gasteiger partial charge on any atom is -0.493 e. The van der Waals surface area contributed by atoms with Gasteiger partial charge >= 0.3 is 0 Å². The fourth-order valence-electron chi connectivity index (χ4n) is 4.26. The minimum atomic E-state index is -0.471. The molecular weight excluding hydrogens is 469 g/mol. The standard InChI is InChI=1S/C26H33ClFN5O2/c1-26(2,3)33-11-9-32(10-12-33)8-5-13-35-24-15-19-22(16-23(24)34-4)29-17-30-25(19)31-18-6-7-21(28)20(27)14-18/h6-7,14-17H,5,8-13H2,1-4H3,(H,29,30,31). The summed E-state index contributed by atoms with van der Waals surface area (Å²) in [6.07, 6.45) is 2.39. The van der Waals surface area contributed by atoms with Crippen molar-refractivity contribution >= 4 is 34.0 Å². The van der Waals surface area contributed by atoms with E-state index in [1.807, 2.05) is 12.1 Å². The first-order valence-corrected chi connectivity index (χ1v) is 12.3. The van der Waals surface area contributed by atoms with E-state index in [1.165, 1.54) is 18.5 Å². The van der Waals surface area contributed by atoms with Crippen LogP contribution in [-0.4, -0.2) is 71.7 Å². The molecule has 2 heterocycles. The number of anilines is 2. The smallest absolute Gasteiger partial charge is 0.162 e. The lowest BCUT2D eigenvalue weighted by atomic mass is 10.0. The highest BCUT2D eigenvalue weighted by atomic mass is 35.5. The second kappa shape index (κ2) is 10.9. The third-order valence-corrected chi connectivity index (χ3v) is 6.59. The Hall–Kier alpha value is -2.68. The van der Waals surface area contributed by atoms with E-state index in [0.29, 0.717) is 35.1 Å². The quantitative estimate of drug-likeness (QED) is 0.417. The number of piperazine rings is 1. The Balaban J connectivity index is 1.41. The summed E-state index contributed by atoms with van der Waals surface area (Å²) >= 11 is 5.93. The summed E-state index contributed by atoms with van der Waals surface area (Å²) in [5.41, 5.74) is 1.56. The van der Waals surface area contributed by atoms with Gasteiger partial charge < -0.3 is 19.7 Å². The van der Waals surface area contributed by atoms with Gasteiger partial charge in [0.2, 0.25) is 0 Å². The first kappa shape index (κ1) is 25.4. The van der Waals surface area contributed by atoms with Crippen molar-refractivity contribution in [1.82, 2.24) is 19.8 Å². The van der Waals surface area contributed by atoms with Crippen LogP contribution < -0.4 is 14.8 Å². The lowest BCUT2D eigenvalue weighted by molar-refractivity contribution is 0.0601. The first-order chi connectivity index (χ1) is 16.7. The second-order valence-electron chi connectivity index (χ2n) is 9.70. The number of ether oxygens (including phenoxy) is 2. The monoisotopic (exact) mass is 501 g/mol. The highest BCUT2D eigenvalue weighted by Crippen LogP contribution is 2.35. The molecule has 4 rings (SSSR count). The van der Waals surface area contributed by atoms with Gasteiger partial charge in [-0.2, -0.15) is 0 Å². The molecule has 0 saturated carbocycles. The molecule has 1 aliphatic rings. The summed E-state index contributed by atoms with van der Waals surface area (Å²) in [6, 6.07) is 8.16. The molecule has 0 unspecified atom stereocenters. The SMILES string of the molecule is COc1cc2ncnc(Nc3ccc(F)c(Cl)c3)c2cc1OCCCN1CCN(C(C)(C)C)CC1. The van der Waals surface area contributed by atoms with E-state index >= 15 is 0 Å². The zero-order valence-corrected chi connectivity index (χ0v) is 21.5. The molecule has 0 atom stereocenters. The number of aromatic nitrogens is 2. The van der Waals surface area contributed by atoms with Gasteiger partial charge in [-0.25, -0.2) is 14.4 Å². The van der Waals surface area contributed by atoms with E-state index in [2.05, 4.69) is 45.9 Å². The molecular formula is C26H33ClFN5O2. The van der Waals surface area contributed by atoms with Crippen molar-refractivity contribution in [2.45, 2.75) is 32.7 Å². The van der Waals surface area contributed by atoms with Gasteiger partial charge in [-0.1, -0.05) is 11.6 Å². The van der Waals surface area contributed by atoms with Crippen LogP contribution in [0.5, 0.6) is 11.5 Å². The number of fused-ring (bicyclic) bond motifs is 1. The molecule has 3 aromatic rings. The lowest BCUT2D eigenvalue weighted by Crippen LogP contribution is -2.53. The van der Waals surface area contributed by atoms with Crippen molar-refractivity contribution in [1.29, 1.82) is 0 Å². The van der Waals surface area contributed by atoms with Gasteiger partial charge in [-0.05, 0) is 51.5 Å². The Kier molecular flexibility index (Phi) is 7.94. The third kappa shape index (κ3) is 6.31. The van der Waals surface area contributed by atoms with Crippen molar-refractivity contribution < 1.29 is 13.9 Å². The van der Waals surface area contributed by atoms with E-state index in [9.17, 15) is 4.39 Å². The summed E-state index contributed by atoms with van der Waals surface area (Å²) in [5, 5.41) is 4.00. The van der Waals surface area contributed by atoms with Crippen LogP contribution in [0.3, 0.4) is 0 Å². The largest absolute Gasteiger partial charge is 0.493 e. The average Bonchev–Trinajstić information content (AvgIpc) is 2.83. The molecule has 1 aromatic heterocycles. The van der Waals surface area contributed by atoms with Crippen molar-refractivity contribution in [3.05, 3.63) is 47.5 Å². The Morgan fingerprint density at radius 3 is 2.51 bits per heavy atom. The summed E-state index contributed by atoms with van der Waals surface area (Å²) in [7, 11) is 1.61. The zero-order valence-electron chi connectivity index (χ0n) is 20.8. The fourth-order valence-corrected chi connectivity index (χ4v) is 4.44. The normalized spacial score (nSPS) is 15.4. The van der Waals surface area contributed by atoms with Crippen LogP contribution in [-0.2, 0) is 0 Å². The van der Waals surface area contributed by atoms with Gasteiger partial charge in [0, 0.05) is 55.4 Å². The Bertz CT molecular complexity index is 1160. The number of benzene rings is 2. The lowest BCUT2D eigenvalue weighted by Gasteiger charge is -2.42. The zero-order chi connectivity index (χ0) is 25.0. The predicted molar refractivity (Wildman–Crippen MR) is 139 cm³/mol. The molecule has 188 valence electrons. The molecule has 0 radical (unpaired) electrons. The molecule has 0 aliphatic carbocycles. The minimum absolute atomic E-state index is 0.0406. The van der Waals surface area contributed by atoms with Crippen molar-refractivity contribution in [2.75, 3.05) is 51.8 Å². The van der Waals surface area contributed by atoms with Gasteiger partial charge in [0.15, 0.2) is 11.5 Å². The average molecular weight is 502 g/mol. The molecule has 1 saturated heterocycles. The van der Waals surface area contributed by atoms with Crippen LogP contribution in [0.25, 0.3) is 10.9 Å². The summed E-state index contributed by atoms with van der Waals surface area (Å²) in [4.78, 5) is 13.8. The topological polar surface area (TPSA) is 62.8 Å². The molecule has 2 aromatic carbocycles. The van der Waals surface area contributed by atoms with Gasteiger partial charge in [0.05, 0.1) is 24.3 Å². The van der Waals surface area contributed by atoms with Crippen LogP contribution in [0, 0.1) is 5.82 Å². The molecule has 9 heteroatoms. The van der Waals surface area contributed by atoms with Crippen LogP contribution in [0.1, 0.15) is 27.2 Å². The van der Waals surface area contributed by atoms with Crippen molar-refractivity contribution in [2.24, 2.45) is 0 Å². The van der Waals surface area contributed by atoms with Gasteiger partial charge in [0.1, 0.15) is 18.0 Å². The van der Waals surface area contributed by atoms with Gasteiger partial charge in [0.25, 0.3) is 0 Å². The van der Waals surface area contributed by atoms with Crippen LogP contribution in [0.15, 0.2) is 36.7 Å². The fraction of sp³-hybridized carbons (Fsp3) is 0.462. The molecule has 0 amide bonds. The van der Waals surface area contributed by atoms with Gasteiger partial charge in [-0.15, -0.1) is 0 Å². The molecule has 1 aliphatic heterocycles. The van der Waals surface area contributed by atoms with Gasteiger partial charge in [-0.3, -0.25) is 4.90 Å². The Morgan fingerprint density at radius 2 is 1.83 bits per heavy atom. The Labute approximate surface area is 211 Å². The number of rotatable bonds is 8. The maximum absolute atomic E-state index is 13.5. The molecule has 7 nitrogen and oxygen atoms in total. The summed E-state index contributed by atoms with van der Waals surface area (Å²) in [6.45, 7) is 12.7. The highest BCUT2D eigenvalue weighted by molar-refractivity contribution is 6.31. The maximum Gasteiger partial charge on any atom is 0.162 e. The summed E-state index contributed by atoms with van der Waals surface area (Å²) < 4.78 is 25.2. The number of hydrogen-bond acceptors (Lipinski definition) is 7. The van der Waals surface area contributed by atoms with E-state index in [4.69, 9.17) is 21.1 Å². The molecule has 0 bridgehead atoms. The molecule has 1 N–H and O–H groups in total. The Morgan fingerprint density at radius 1 is 1.06 bits per heavy atom. The molecule has 35 heavy (non-hydrogen) atoms. The van der Waals surface area contributed by atoms with E-state index in [-0.39, 0.29) is 10.6 Å². The van der Waals surface area contributed by atoms with Crippen LogP contribution in [0.4, 0.5) is 15.9 Å². The number of halogens is 2. The molecule has 0 spiro atoms. The second-order valence-corrected chi connectivity index (χ2v) is 10.1. The number of nitrogens with zero attached hydrogens (tertiary/aromatic N) is 4. The van der Waals surface area contributed by atoms with Crippen molar-refractivity contribution in [3.63, 3.8) is 0 Å². The number of methoxy groups -OCH3 is 1.